The van der Waals surface area contributed by atoms with Crippen molar-refractivity contribution in [3.8, 4) is 0 Å². The topological polar surface area (TPSA) is 90.8 Å². The van der Waals surface area contributed by atoms with Crippen LogP contribution in [0.25, 0.3) is 0 Å². The predicted octanol–water partition coefficient (Wildman–Crippen LogP) is 2.39. The van der Waals surface area contributed by atoms with Gasteiger partial charge in [0.25, 0.3) is 0 Å². The van der Waals surface area contributed by atoms with Crippen LogP contribution in [0.15, 0.2) is 12.1 Å². The fourth-order valence-corrected chi connectivity index (χ4v) is 3.72. The number of sulfonamides is 1. The van der Waals surface area contributed by atoms with Crippen molar-refractivity contribution in [2.24, 2.45) is 11.8 Å². The average molecular weight is 387 g/mol. The summed E-state index contributed by atoms with van der Waals surface area (Å²) in [5, 5.41) is 8.71. The Morgan fingerprint density at radius 1 is 1.38 bits per heavy atom. The molecule has 1 saturated carbocycles. The lowest BCUT2D eigenvalue weighted by atomic mass is 10.2. The number of anilines is 2. The second kappa shape index (κ2) is 7.77. The molecule has 0 aliphatic heterocycles. The molecule has 0 amide bonds. The Morgan fingerprint density at radius 3 is 2.42 bits per heavy atom. The molecule has 1 aliphatic carbocycles. The van der Waals surface area contributed by atoms with Gasteiger partial charge in [0, 0.05) is 20.1 Å². The lowest BCUT2D eigenvalue weighted by Crippen LogP contribution is -2.35. The van der Waals surface area contributed by atoms with Crippen molar-refractivity contribution >= 4 is 27.6 Å². The van der Waals surface area contributed by atoms with Gasteiger partial charge >= 0.3 is 5.97 Å². The summed E-state index contributed by atoms with van der Waals surface area (Å²) in [5.41, 5.74) is -0.0801. The number of rotatable bonds is 9. The number of carbonyl (C=O) groups is 1. The Labute approximate surface area is 153 Å². The molecule has 1 fully saturated rings. The third-order valence-corrected chi connectivity index (χ3v) is 6.90. The second-order valence-corrected chi connectivity index (χ2v) is 9.57. The summed E-state index contributed by atoms with van der Waals surface area (Å²) in [4.78, 5) is 17.5. The minimum atomic E-state index is -3.66. The van der Waals surface area contributed by atoms with E-state index in [1.54, 1.807) is 4.90 Å². The SMILES string of the molecule is CC1CC1CN(CCF)c1cc(C(=O)O)cc(N(C)S(=O)(=O)C(C)C)n1. The molecule has 0 bridgehead atoms. The van der Waals surface area contributed by atoms with Crippen molar-refractivity contribution in [3.05, 3.63) is 17.7 Å². The number of carboxylic acids is 1. The zero-order valence-electron chi connectivity index (χ0n) is 15.5. The summed E-state index contributed by atoms with van der Waals surface area (Å²) in [6, 6.07) is 2.59. The van der Waals surface area contributed by atoms with E-state index in [1.807, 2.05) is 0 Å². The van der Waals surface area contributed by atoms with E-state index < -0.39 is 27.9 Å². The van der Waals surface area contributed by atoms with Crippen LogP contribution in [0.2, 0.25) is 0 Å². The molecular weight excluding hydrogens is 361 g/mol. The summed E-state index contributed by atoms with van der Waals surface area (Å²) in [7, 11) is -2.32. The molecule has 0 spiro atoms. The minimum Gasteiger partial charge on any atom is -0.478 e. The van der Waals surface area contributed by atoms with E-state index >= 15 is 0 Å². The van der Waals surface area contributed by atoms with Crippen molar-refractivity contribution in [1.29, 1.82) is 0 Å². The van der Waals surface area contributed by atoms with Crippen LogP contribution in [-0.4, -0.2) is 56.5 Å². The molecule has 2 unspecified atom stereocenters. The second-order valence-electron chi connectivity index (χ2n) is 7.05. The molecule has 9 heteroatoms. The van der Waals surface area contributed by atoms with Crippen molar-refractivity contribution in [2.45, 2.75) is 32.4 Å². The van der Waals surface area contributed by atoms with E-state index in [2.05, 4.69) is 11.9 Å². The smallest absolute Gasteiger partial charge is 0.335 e. The molecule has 1 aromatic heterocycles. The van der Waals surface area contributed by atoms with E-state index in [4.69, 9.17) is 0 Å². The van der Waals surface area contributed by atoms with Crippen molar-refractivity contribution in [2.75, 3.05) is 36.0 Å². The zero-order chi connectivity index (χ0) is 19.6. The van der Waals surface area contributed by atoms with Crippen molar-refractivity contribution < 1.29 is 22.7 Å². The zero-order valence-corrected chi connectivity index (χ0v) is 16.3. The van der Waals surface area contributed by atoms with Gasteiger partial charge in [-0.05, 0) is 44.2 Å². The molecular formula is C17H26FN3O4S. The molecule has 26 heavy (non-hydrogen) atoms. The summed E-state index contributed by atoms with van der Waals surface area (Å²) in [5.74, 6) is 0.0645. The molecule has 1 heterocycles. The van der Waals surface area contributed by atoms with Gasteiger partial charge in [-0.1, -0.05) is 6.92 Å². The van der Waals surface area contributed by atoms with E-state index in [0.717, 1.165) is 10.7 Å². The molecule has 1 aromatic rings. The highest BCUT2D eigenvalue weighted by Crippen LogP contribution is 2.39. The Morgan fingerprint density at radius 2 is 1.96 bits per heavy atom. The fraction of sp³-hybridized carbons (Fsp3) is 0.647. The van der Waals surface area contributed by atoms with Gasteiger partial charge in [0.05, 0.1) is 10.8 Å². The molecule has 2 atom stereocenters. The molecule has 146 valence electrons. The monoisotopic (exact) mass is 387 g/mol. The quantitative estimate of drug-likeness (QED) is 0.700. The number of nitrogens with zero attached hydrogens (tertiary/aromatic N) is 3. The van der Waals surface area contributed by atoms with Gasteiger partial charge in [0.2, 0.25) is 10.0 Å². The van der Waals surface area contributed by atoms with Gasteiger partial charge in [0.1, 0.15) is 18.3 Å². The minimum absolute atomic E-state index is 0.0151. The molecule has 0 radical (unpaired) electrons. The molecule has 0 aromatic carbocycles. The normalized spacial score (nSPS) is 19.5. The Bertz CT molecular complexity index is 769. The third-order valence-electron chi connectivity index (χ3n) is 4.75. The average Bonchev–Trinajstić information content (AvgIpc) is 3.27. The van der Waals surface area contributed by atoms with E-state index in [9.17, 15) is 22.7 Å². The van der Waals surface area contributed by atoms with Crippen LogP contribution < -0.4 is 9.21 Å². The van der Waals surface area contributed by atoms with Gasteiger partial charge in [-0.3, -0.25) is 4.31 Å². The molecule has 1 aliphatic rings. The number of aromatic carboxylic acids is 1. The maximum absolute atomic E-state index is 13.0. The van der Waals surface area contributed by atoms with Crippen molar-refractivity contribution in [1.82, 2.24) is 4.98 Å². The van der Waals surface area contributed by atoms with Crippen LogP contribution in [0.3, 0.4) is 0 Å². The van der Waals surface area contributed by atoms with Gasteiger partial charge in [-0.25, -0.2) is 22.6 Å². The lowest BCUT2D eigenvalue weighted by molar-refractivity contribution is 0.0697. The van der Waals surface area contributed by atoms with Crippen LogP contribution in [-0.2, 0) is 10.0 Å². The largest absolute Gasteiger partial charge is 0.478 e. The number of hydrogen-bond acceptors (Lipinski definition) is 5. The maximum atomic E-state index is 13.0. The summed E-state index contributed by atoms with van der Waals surface area (Å²) >= 11 is 0. The molecule has 1 N–H and O–H groups in total. The lowest BCUT2D eigenvalue weighted by Gasteiger charge is -2.26. The Kier molecular flexibility index (Phi) is 6.10. The number of aromatic nitrogens is 1. The van der Waals surface area contributed by atoms with Crippen LogP contribution in [0.1, 0.15) is 37.6 Å². The molecule has 7 nitrogen and oxygen atoms in total. The first-order valence-electron chi connectivity index (χ1n) is 8.62. The molecule has 2 rings (SSSR count). The maximum Gasteiger partial charge on any atom is 0.335 e. The van der Waals surface area contributed by atoms with Gasteiger partial charge in [-0.15, -0.1) is 0 Å². The Balaban J connectivity index is 2.45. The van der Waals surface area contributed by atoms with Crippen LogP contribution >= 0.6 is 0 Å². The first-order valence-corrected chi connectivity index (χ1v) is 10.1. The first-order chi connectivity index (χ1) is 12.1. The van der Waals surface area contributed by atoms with Gasteiger partial charge < -0.3 is 10.0 Å². The standard InChI is InChI=1S/C17H26FN3O4S/c1-11(2)26(24,25)20(4)15-8-13(17(22)23)9-16(19-15)21(6-5-18)10-14-7-12(14)3/h8-9,11-12,14H,5-7,10H2,1-4H3,(H,22,23). The summed E-state index contributed by atoms with van der Waals surface area (Å²) in [6.45, 7) is 5.24. The first kappa shape index (κ1) is 20.4. The number of pyridine rings is 1. The van der Waals surface area contributed by atoms with Crippen LogP contribution in [0, 0.1) is 11.8 Å². The fourth-order valence-electron chi connectivity index (χ4n) is 2.73. The number of halogens is 1. The Hall–Kier alpha value is -1.90. The van der Waals surface area contributed by atoms with E-state index in [0.29, 0.717) is 18.4 Å². The van der Waals surface area contributed by atoms with E-state index in [-0.39, 0.29) is 23.7 Å². The highest BCUT2D eigenvalue weighted by molar-refractivity contribution is 7.93. The highest BCUT2D eigenvalue weighted by Gasteiger charge is 2.34. The summed E-state index contributed by atoms with van der Waals surface area (Å²) < 4.78 is 38.8. The van der Waals surface area contributed by atoms with Gasteiger partial charge in [0.15, 0.2) is 0 Å². The predicted molar refractivity (Wildman–Crippen MR) is 99.1 cm³/mol. The van der Waals surface area contributed by atoms with Crippen molar-refractivity contribution in [3.63, 3.8) is 0 Å². The highest BCUT2D eigenvalue weighted by atomic mass is 32.2. The number of carboxylic acid groups (broad SMARTS) is 1. The van der Waals surface area contributed by atoms with E-state index in [1.165, 1.54) is 33.0 Å². The van der Waals surface area contributed by atoms with Gasteiger partial charge in [-0.2, -0.15) is 0 Å². The van der Waals surface area contributed by atoms with Crippen LogP contribution in [0.4, 0.5) is 16.0 Å². The third kappa shape index (κ3) is 4.44. The summed E-state index contributed by atoms with van der Waals surface area (Å²) in [6.07, 6.45) is 1.04. The molecule has 0 saturated heterocycles. The number of hydrogen-bond donors (Lipinski definition) is 1. The van der Waals surface area contributed by atoms with Crippen LogP contribution in [0.5, 0.6) is 0 Å². The number of alkyl halides is 1.